The Hall–Kier alpha value is 0.270. The summed E-state index contributed by atoms with van der Waals surface area (Å²) in [4.78, 5) is 0. The van der Waals surface area contributed by atoms with E-state index in [-0.39, 0.29) is 0 Å². The molecule has 0 aromatic rings. The lowest BCUT2D eigenvalue weighted by Crippen LogP contribution is -2.43. The molecule has 1 aliphatic rings. The van der Waals surface area contributed by atoms with Gasteiger partial charge in [0.05, 0.1) is 6.61 Å². The minimum atomic E-state index is 0.931. The van der Waals surface area contributed by atoms with Crippen LogP contribution >= 0.6 is 11.8 Å². The summed E-state index contributed by atoms with van der Waals surface area (Å²) in [5, 5.41) is 3.29. The zero-order chi connectivity index (χ0) is 9.36. The third kappa shape index (κ3) is 5.55. The quantitative estimate of drug-likeness (QED) is 0.607. The minimum Gasteiger partial charge on any atom is -0.381 e. The van der Waals surface area contributed by atoms with E-state index in [1.54, 1.807) is 0 Å². The van der Waals surface area contributed by atoms with Crippen LogP contribution in [0.5, 0.6) is 0 Å². The largest absolute Gasteiger partial charge is 0.381 e. The molecule has 13 heavy (non-hydrogen) atoms. The van der Waals surface area contributed by atoms with Crippen molar-refractivity contribution in [3.63, 3.8) is 0 Å². The van der Waals surface area contributed by atoms with Gasteiger partial charge in [-0.3, -0.25) is 0 Å². The number of hydrogen-bond donors (Lipinski definition) is 1. The lowest BCUT2D eigenvalue weighted by Gasteiger charge is -2.26. The fraction of sp³-hybridized carbons (Fsp3) is 1.00. The first-order valence-corrected chi connectivity index (χ1v) is 6.45. The monoisotopic (exact) mass is 203 g/mol. The van der Waals surface area contributed by atoms with Gasteiger partial charge < -0.3 is 10.1 Å². The van der Waals surface area contributed by atoms with E-state index in [1.807, 2.05) is 11.8 Å². The molecule has 0 aliphatic carbocycles. The third-order valence-corrected chi connectivity index (χ3v) is 3.40. The highest BCUT2D eigenvalue weighted by atomic mass is 32.2. The Morgan fingerprint density at radius 1 is 1.38 bits per heavy atom. The zero-order valence-corrected chi connectivity index (χ0v) is 9.37. The summed E-state index contributed by atoms with van der Waals surface area (Å²) in [7, 11) is 0. The highest BCUT2D eigenvalue weighted by Gasteiger charge is 2.15. The average molecular weight is 203 g/mol. The van der Waals surface area contributed by atoms with Gasteiger partial charge in [0, 0.05) is 12.4 Å². The van der Waals surface area contributed by atoms with Crippen molar-refractivity contribution in [3.05, 3.63) is 0 Å². The summed E-state index contributed by atoms with van der Waals surface area (Å²) in [6, 6.07) is 0. The molecule has 1 rings (SSSR count). The average Bonchev–Trinajstić information content (AvgIpc) is 2.07. The zero-order valence-electron chi connectivity index (χ0n) is 8.55. The Labute approximate surface area is 85.8 Å². The van der Waals surface area contributed by atoms with E-state index in [1.165, 1.54) is 37.4 Å². The number of hydrogen-bond acceptors (Lipinski definition) is 3. The highest BCUT2D eigenvalue weighted by molar-refractivity contribution is 7.99. The Morgan fingerprint density at radius 2 is 2.23 bits per heavy atom. The van der Waals surface area contributed by atoms with E-state index in [0.29, 0.717) is 0 Å². The summed E-state index contributed by atoms with van der Waals surface area (Å²) in [5.74, 6) is 3.41. The molecule has 3 heteroatoms. The normalized spacial score (nSPS) is 17.3. The van der Waals surface area contributed by atoms with E-state index in [0.717, 1.165) is 19.1 Å². The standard InChI is InChI=1S/C10H21NOS/c1-2-3-4-12-5-6-13-9-10-7-11-8-10/h10-11H,2-9H2,1H3. The van der Waals surface area contributed by atoms with Crippen LogP contribution in [0.4, 0.5) is 0 Å². The first kappa shape index (κ1) is 11.3. The fourth-order valence-corrected chi connectivity index (χ4v) is 2.15. The number of unbranched alkanes of at least 4 members (excludes halogenated alkanes) is 1. The van der Waals surface area contributed by atoms with Crippen molar-refractivity contribution in [2.24, 2.45) is 5.92 Å². The molecule has 1 fully saturated rings. The van der Waals surface area contributed by atoms with Crippen LogP contribution in [0, 0.1) is 5.92 Å². The van der Waals surface area contributed by atoms with Crippen LogP contribution in [0.1, 0.15) is 19.8 Å². The van der Waals surface area contributed by atoms with E-state index < -0.39 is 0 Å². The van der Waals surface area contributed by atoms with Gasteiger partial charge in [0.25, 0.3) is 0 Å². The predicted octanol–water partition coefficient (Wildman–Crippen LogP) is 1.76. The molecule has 0 aromatic carbocycles. The maximum atomic E-state index is 5.47. The van der Waals surface area contributed by atoms with Crippen molar-refractivity contribution < 1.29 is 4.74 Å². The van der Waals surface area contributed by atoms with Crippen molar-refractivity contribution in [1.29, 1.82) is 0 Å². The molecule has 1 aliphatic heterocycles. The molecule has 0 bridgehead atoms. The van der Waals surface area contributed by atoms with Crippen molar-refractivity contribution in [1.82, 2.24) is 5.32 Å². The second-order valence-corrected chi connectivity index (χ2v) is 4.71. The summed E-state index contributed by atoms with van der Waals surface area (Å²) < 4.78 is 5.47. The van der Waals surface area contributed by atoms with Crippen molar-refractivity contribution in [3.8, 4) is 0 Å². The van der Waals surface area contributed by atoms with Crippen LogP contribution in [0.2, 0.25) is 0 Å². The lowest BCUT2D eigenvalue weighted by atomic mass is 10.1. The summed E-state index contributed by atoms with van der Waals surface area (Å²) in [6.45, 7) is 6.53. The highest BCUT2D eigenvalue weighted by Crippen LogP contribution is 2.11. The van der Waals surface area contributed by atoms with E-state index in [9.17, 15) is 0 Å². The van der Waals surface area contributed by atoms with Crippen molar-refractivity contribution >= 4 is 11.8 Å². The van der Waals surface area contributed by atoms with Crippen LogP contribution in [0.25, 0.3) is 0 Å². The van der Waals surface area contributed by atoms with Crippen LogP contribution in [0.3, 0.4) is 0 Å². The van der Waals surface area contributed by atoms with Gasteiger partial charge in [0.2, 0.25) is 0 Å². The summed E-state index contributed by atoms with van der Waals surface area (Å²) >= 11 is 2.03. The molecule has 0 unspecified atom stereocenters. The number of thioether (sulfide) groups is 1. The van der Waals surface area contributed by atoms with Crippen molar-refractivity contribution in [2.45, 2.75) is 19.8 Å². The van der Waals surface area contributed by atoms with Crippen molar-refractivity contribution in [2.75, 3.05) is 37.8 Å². The molecule has 0 amide bonds. The van der Waals surface area contributed by atoms with Gasteiger partial charge in [0.15, 0.2) is 0 Å². The molecule has 0 spiro atoms. The van der Waals surface area contributed by atoms with E-state index in [2.05, 4.69) is 12.2 Å². The van der Waals surface area contributed by atoms with Gasteiger partial charge >= 0.3 is 0 Å². The Morgan fingerprint density at radius 3 is 2.85 bits per heavy atom. The third-order valence-electron chi connectivity index (χ3n) is 2.23. The molecule has 0 radical (unpaired) electrons. The van der Waals surface area contributed by atoms with Crippen LogP contribution in [-0.2, 0) is 4.74 Å². The molecular formula is C10H21NOS. The van der Waals surface area contributed by atoms with Gasteiger partial charge in [0.1, 0.15) is 0 Å². The molecule has 1 saturated heterocycles. The molecule has 1 heterocycles. The van der Waals surface area contributed by atoms with Gasteiger partial charge in [-0.1, -0.05) is 13.3 Å². The van der Waals surface area contributed by atoms with Gasteiger partial charge in [-0.05, 0) is 31.2 Å². The molecule has 0 saturated carbocycles. The number of ether oxygens (including phenoxy) is 1. The molecule has 0 aromatic heterocycles. The fourth-order valence-electron chi connectivity index (χ4n) is 1.18. The molecule has 78 valence electrons. The lowest BCUT2D eigenvalue weighted by molar-refractivity contribution is 0.147. The van der Waals surface area contributed by atoms with Gasteiger partial charge in [-0.25, -0.2) is 0 Å². The molecule has 1 N–H and O–H groups in total. The van der Waals surface area contributed by atoms with Crippen LogP contribution in [-0.4, -0.2) is 37.8 Å². The Balaban J connectivity index is 1.68. The smallest absolute Gasteiger partial charge is 0.0556 e. The van der Waals surface area contributed by atoms with Crippen LogP contribution in [0.15, 0.2) is 0 Å². The Kier molecular flexibility index (Phi) is 6.68. The SMILES string of the molecule is CCCCOCCSCC1CNC1. The minimum absolute atomic E-state index is 0.931. The number of nitrogens with one attached hydrogen (secondary N) is 1. The van der Waals surface area contributed by atoms with E-state index in [4.69, 9.17) is 4.74 Å². The Bertz CT molecular complexity index is 117. The topological polar surface area (TPSA) is 21.3 Å². The second kappa shape index (κ2) is 7.65. The van der Waals surface area contributed by atoms with Gasteiger partial charge in [-0.2, -0.15) is 11.8 Å². The molecule has 2 nitrogen and oxygen atoms in total. The van der Waals surface area contributed by atoms with Crippen LogP contribution < -0.4 is 5.32 Å². The maximum absolute atomic E-state index is 5.47. The van der Waals surface area contributed by atoms with E-state index >= 15 is 0 Å². The summed E-state index contributed by atoms with van der Waals surface area (Å²) in [6.07, 6.45) is 2.44. The molecule has 0 atom stereocenters. The van der Waals surface area contributed by atoms with Gasteiger partial charge in [-0.15, -0.1) is 0 Å². The first-order chi connectivity index (χ1) is 6.43. The maximum Gasteiger partial charge on any atom is 0.0556 e. The number of rotatable bonds is 8. The molecular weight excluding hydrogens is 182 g/mol. The summed E-state index contributed by atoms with van der Waals surface area (Å²) in [5.41, 5.74) is 0. The first-order valence-electron chi connectivity index (χ1n) is 5.29. The predicted molar refractivity (Wildman–Crippen MR) is 59.4 cm³/mol. The second-order valence-electron chi connectivity index (χ2n) is 3.57.